The number of hydrogen-bond acceptors (Lipinski definition) is 2. The van der Waals surface area contributed by atoms with Gasteiger partial charge >= 0.3 is 0 Å². The van der Waals surface area contributed by atoms with E-state index in [0.29, 0.717) is 0 Å². The number of benzene rings is 11. The van der Waals surface area contributed by atoms with Gasteiger partial charge in [0, 0.05) is 37.6 Å². The molecule has 60 heavy (non-hydrogen) atoms. The van der Waals surface area contributed by atoms with Gasteiger partial charge in [-0.05, 0) is 71.1 Å². The van der Waals surface area contributed by atoms with Crippen LogP contribution in [0.15, 0.2) is 218 Å². The molecule has 0 aliphatic heterocycles. The second-order valence-electron chi connectivity index (χ2n) is 15.6. The molecule has 0 bridgehead atoms. The molecule has 0 unspecified atom stereocenters. The van der Waals surface area contributed by atoms with E-state index in [9.17, 15) is 0 Å². The van der Waals surface area contributed by atoms with Gasteiger partial charge in [-0.3, -0.25) is 0 Å². The van der Waals surface area contributed by atoms with E-state index in [0.717, 1.165) is 81.5 Å². The molecule has 0 saturated carbocycles. The lowest BCUT2D eigenvalue weighted by molar-refractivity contribution is 0.593. The van der Waals surface area contributed by atoms with Crippen molar-refractivity contribution in [3.8, 4) is 22.4 Å². The maximum absolute atomic E-state index is 16.4. The first kappa shape index (κ1) is 34.6. The fraction of sp³-hybridized carbons (Fsp3) is 0. The van der Waals surface area contributed by atoms with Crippen LogP contribution in [-0.2, 0) is 4.57 Å². The highest BCUT2D eigenvalue weighted by Gasteiger charge is 2.34. The summed E-state index contributed by atoms with van der Waals surface area (Å²) in [7, 11) is -3.39. The molecule has 0 aliphatic rings. The first-order valence-corrected chi connectivity index (χ1v) is 22.2. The van der Waals surface area contributed by atoms with E-state index in [4.69, 9.17) is 4.98 Å². The smallest absolute Gasteiger partial charge is 0.172 e. The average molecular weight is 782 g/mol. The monoisotopic (exact) mass is 781 g/mol. The molecule has 280 valence electrons. The Hall–Kier alpha value is -7.38. The van der Waals surface area contributed by atoms with Crippen molar-refractivity contribution < 1.29 is 4.57 Å². The first-order valence-electron chi connectivity index (χ1n) is 20.5. The van der Waals surface area contributed by atoms with Crippen LogP contribution in [0.4, 0.5) is 0 Å². The van der Waals surface area contributed by atoms with E-state index in [1.165, 1.54) is 32.3 Å². The highest BCUT2D eigenvalue weighted by atomic mass is 31.2. The molecule has 12 rings (SSSR count). The molecular formula is C57H36NOP. The van der Waals surface area contributed by atoms with Crippen molar-refractivity contribution in [2.75, 3.05) is 0 Å². The Balaban J connectivity index is 1.28. The number of aromatic nitrogens is 1. The predicted octanol–water partition coefficient (Wildman–Crippen LogP) is 14.1. The zero-order valence-electron chi connectivity index (χ0n) is 32.6. The Labute approximate surface area is 347 Å². The lowest BCUT2D eigenvalue weighted by Gasteiger charge is -2.26. The average Bonchev–Trinajstić information content (AvgIpc) is 3.33. The molecule has 0 saturated heterocycles. The summed E-state index contributed by atoms with van der Waals surface area (Å²) in [5.74, 6) is 0. The van der Waals surface area contributed by atoms with Gasteiger partial charge in [-0.15, -0.1) is 0 Å². The van der Waals surface area contributed by atoms with Crippen LogP contribution in [0.1, 0.15) is 0 Å². The fourth-order valence-electron chi connectivity index (χ4n) is 9.96. The molecule has 0 amide bonds. The van der Waals surface area contributed by atoms with Gasteiger partial charge in [0.2, 0.25) is 0 Å². The van der Waals surface area contributed by atoms with Crippen LogP contribution in [0.2, 0.25) is 0 Å². The minimum Gasteiger partial charge on any atom is -0.309 e. The molecule has 0 radical (unpaired) electrons. The minimum absolute atomic E-state index is 0.819. The van der Waals surface area contributed by atoms with Gasteiger partial charge in [-0.25, -0.2) is 4.98 Å². The molecule has 0 spiro atoms. The zero-order valence-corrected chi connectivity index (χ0v) is 33.5. The Kier molecular flexibility index (Phi) is 7.85. The lowest BCUT2D eigenvalue weighted by Crippen LogP contribution is -2.26. The van der Waals surface area contributed by atoms with Gasteiger partial charge in [0.05, 0.1) is 11.2 Å². The maximum Gasteiger partial charge on any atom is 0.172 e. The number of nitrogens with zero attached hydrogens (tertiary/aromatic N) is 1. The fourth-order valence-corrected chi connectivity index (χ4v) is 13.0. The van der Waals surface area contributed by atoms with E-state index in [-0.39, 0.29) is 0 Å². The molecular weight excluding hydrogens is 746 g/mol. The second kappa shape index (κ2) is 13.6. The van der Waals surface area contributed by atoms with Crippen LogP contribution in [-0.4, -0.2) is 4.98 Å². The van der Waals surface area contributed by atoms with Crippen molar-refractivity contribution in [1.82, 2.24) is 4.98 Å². The lowest BCUT2D eigenvalue weighted by atomic mass is 9.85. The summed E-state index contributed by atoms with van der Waals surface area (Å²) in [5.41, 5.74) is 5.20. The number of fused-ring (bicyclic) bond motifs is 12. The van der Waals surface area contributed by atoms with Gasteiger partial charge in [-0.2, -0.15) is 0 Å². The quantitative estimate of drug-likeness (QED) is 0.0989. The Morgan fingerprint density at radius 3 is 1.23 bits per heavy atom. The third-order valence-corrected chi connectivity index (χ3v) is 15.6. The molecule has 11 aromatic carbocycles. The number of pyridine rings is 1. The summed E-state index contributed by atoms with van der Waals surface area (Å²) in [6.07, 6.45) is 0. The topological polar surface area (TPSA) is 30.0 Å². The summed E-state index contributed by atoms with van der Waals surface area (Å²) in [6.45, 7) is 0. The van der Waals surface area contributed by atoms with Crippen molar-refractivity contribution in [2.24, 2.45) is 0 Å². The van der Waals surface area contributed by atoms with E-state index in [1.807, 2.05) is 60.7 Å². The SMILES string of the molecule is O=P(c1ccccc1)(c1ccccc1)c1c2ccccc2c(-c2cc3nc(-c4ccccc4)c4c5ccccc5c5ccccc5c4c3c3ccccc23)c2ccccc12. The van der Waals surface area contributed by atoms with Crippen molar-refractivity contribution >= 4 is 98.6 Å². The van der Waals surface area contributed by atoms with Crippen LogP contribution in [0.3, 0.4) is 0 Å². The zero-order chi connectivity index (χ0) is 39.8. The van der Waals surface area contributed by atoms with Gasteiger partial charge in [0.15, 0.2) is 7.14 Å². The molecule has 0 atom stereocenters. The van der Waals surface area contributed by atoms with Crippen molar-refractivity contribution in [1.29, 1.82) is 0 Å². The van der Waals surface area contributed by atoms with E-state index in [2.05, 4.69) is 158 Å². The first-order chi connectivity index (χ1) is 29.7. The minimum atomic E-state index is -3.39. The van der Waals surface area contributed by atoms with E-state index >= 15 is 4.57 Å². The molecule has 0 aliphatic carbocycles. The van der Waals surface area contributed by atoms with Crippen LogP contribution in [0.25, 0.3) is 97.9 Å². The standard InChI is InChI=1S/C57H36NOP/c59-60(38-22-6-2-7-23-38,39-24-8-3-9-25-39)57-48-34-18-16-32-46(48)52(47-33-17-19-35-49(47)57)50-36-51-53(43-29-13-12-28-42(43)50)54-44-30-14-10-26-40(44)41-27-11-15-31-45(41)55(54)56(58-51)37-20-4-1-5-21-37/h1-36H. The summed E-state index contributed by atoms with van der Waals surface area (Å²) >= 11 is 0. The summed E-state index contributed by atoms with van der Waals surface area (Å²) in [4.78, 5) is 5.72. The largest absolute Gasteiger partial charge is 0.309 e. The van der Waals surface area contributed by atoms with Gasteiger partial charge in [-0.1, -0.05) is 212 Å². The normalized spacial score (nSPS) is 12.1. The van der Waals surface area contributed by atoms with Crippen LogP contribution >= 0.6 is 7.14 Å². The molecule has 2 nitrogen and oxygen atoms in total. The molecule has 0 N–H and O–H groups in total. The molecule has 1 aromatic heterocycles. The Morgan fingerprint density at radius 1 is 0.333 bits per heavy atom. The molecule has 3 heteroatoms. The van der Waals surface area contributed by atoms with Gasteiger partial charge in [0.25, 0.3) is 0 Å². The Bertz CT molecular complexity index is 3630. The highest BCUT2D eigenvalue weighted by molar-refractivity contribution is 7.86. The third kappa shape index (κ3) is 5.02. The Morgan fingerprint density at radius 2 is 0.717 bits per heavy atom. The molecule has 0 fully saturated rings. The molecule has 1 heterocycles. The number of rotatable bonds is 5. The van der Waals surface area contributed by atoms with E-state index < -0.39 is 7.14 Å². The van der Waals surface area contributed by atoms with Gasteiger partial charge in [0.1, 0.15) is 0 Å². The molecule has 12 aromatic rings. The second-order valence-corrected chi connectivity index (χ2v) is 18.3. The summed E-state index contributed by atoms with van der Waals surface area (Å²) < 4.78 is 16.4. The van der Waals surface area contributed by atoms with Crippen LogP contribution < -0.4 is 15.9 Å². The highest BCUT2D eigenvalue weighted by Crippen LogP contribution is 2.51. The van der Waals surface area contributed by atoms with E-state index in [1.54, 1.807) is 0 Å². The van der Waals surface area contributed by atoms with Crippen molar-refractivity contribution in [3.05, 3.63) is 218 Å². The summed E-state index contributed by atoms with van der Waals surface area (Å²) in [6, 6.07) is 76.6. The summed E-state index contributed by atoms with van der Waals surface area (Å²) in [5, 5.41) is 17.3. The third-order valence-electron chi connectivity index (χ3n) is 12.4. The number of hydrogen-bond donors (Lipinski definition) is 0. The van der Waals surface area contributed by atoms with Gasteiger partial charge < -0.3 is 4.57 Å². The van der Waals surface area contributed by atoms with Crippen molar-refractivity contribution in [2.45, 2.75) is 0 Å². The maximum atomic E-state index is 16.4. The van der Waals surface area contributed by atoms with Crippen LogP contribution in [0.5, 0.6) is 0 Å². The predicted molar refractivity (Wildman–Crippen MR) is 257 cm³/mol. The van der Waals surface area contributed by atoms with Crippen LogP contribution in [0, 0.1) is 0 Å². The van der Waals surface area contributed by atoms with Crippen molar-refractivity contribution in [3.63, 3.8) is 0 Å².